The van der Waals surface area contributed by atoms with Crippen molar-refractivity contribution >= 4 is 11.9 Å². The molecule has 1 aromatic heterocycles. The Labute approximate surface area is 232 Å². The molecule has 1 saturated heterocycles. The first-order valence-corrected chi connectivity index (χ1v) is 14.5. The fourth-order valence-electron chi connectivity index (χ4n) is 8.21. The summed E-state index contributed by atoms with van der Waals surface area (Å²) in [6.45, 7) is 4.75. The number of rotatable bonds is 4. The van der Waals surface area contributed by atoms with E-state index < -0.39 is 23.1 Å². The molecule has 2 aliphatic carbocycles. The van der Waals surface area contributed by atoms with E-state index in [0.717, 1.165) is 63.4 Å². The molecule has 5 atom stereocenters. The Kier molecular flexibility index (Phi) is 6.92. The number of likely N-dealkylation sites (tertiary alicyclic amines) is 1. The van der Waals surface area contributed by atoms with Crippen LogP contribution in [0.15, 0.2) is 36.5 Å². The van der Waals surface area contributed by atoms with E-state index in [1.165, 1.54) is 6.07 Å². The van der Waals surface area contributed by atoms with E-state index in [1.54, 1.807) is 17.0 Å². The van der Waals surface area contributed by atoms with Gasteiger partial charge in [0.15, 0.2) is 0 Å². The van der Waals surface area contributed by atoms with Crippen molar-refractivity contribution in [3.05, 3.63) is 64.5 Å². The van der Waals surface area contributed by atoms with E-state index in [9.17, 15) is 27.9 Å². The number of carbonyl (C=O) groups excluding carboxylic acids is 1. The maximum absolute atomic E-state index is 14.1. The molecule has 9 heteroatoms. The van der Waals surface area contributed by atoms with Crippen LogP contribution >= 0.6 is 0 Å². The van der Waals surface area contributed by atoms with Crippen LogP contribution in [0.4, 0.5) is 13.2 Å². The van der Waals surface area contributed by atoms with E-state index in [-0.39, 0.29) is 12.5 Å². The highest BCUT2D eigenvalue weighted by atomic mass is 19.4. The number of piperidine rings is 1. The molecule has 0 unspecified atom stereocenters. The number of pyridine rings is 1. The number of benzene rings is 1. The van der Waals surface area contributed by atoms with Crippen LogP contribution in [0, 0.1) is 17.3 Å². The van der Waals surface area contributed by atoms with Crippen molar-refractivity contribution in [1.29, 1.82) is 0 Å². The summed E-state index contributed by atoms with van der Waals surface area (Å²) < 4.78 is 39.9. The maximum Gasteiger partial charge on any atom is 0.417 e. The number of aromatic nitrogens is 1. The minimum atomic E-state index is -4.45. The number of carboxylic acid groups (broad SMARTS) is 1. The third-order valence-electron chi connectivity index (χ3n) is 10.2. The molecule has 0 spiro atoms. The van der Waals surface area contributed by atoms with Gasteiger partial charge in [0, 0.05) is 44.0 Å². The maximum atomic E-state index is 14.1. The Balaban J connectivity index is 1.15. The average Bonchev–Trinajstić information content (AvgIpc) is 3.50. The fourth-order valence-corrected chi connectivity index (χ4v) is 8.21. The normalized spacial score (nSPS) is 30.6. The standard InChI is InChI=1S/C31H36F3N3O3/c1-19-17-36(10-7-26(19)20-4-2-5-21(12-20)28(38)39)25-14-23-6-3-9-30(23,15-25)29(40)37-11-8-27-22(18-37)13-24(16-35-27)31(32,33)34/h2,4-5,12-13,16,19,23,25-26H,3,6-11,14-15,17-18H2,1H3,(H,38,39)/t19-,23+,25+,26-,30+/m0/s1. The summed E-state index contributed by atoms with van der Waals surface area (Å²) in [6, 6.07) is 8.77. The number of hydrogen-bond acceptors (Lipinski definition) is 4. The largest absolute Gasteiger partial charge is 0.478 e. The van der Waals surface area contributed by atoms with Crippen LogP contribution in [0.5, 0.6) is 0 Å². The number of amides is 1. The predicted molar refractivity (Wildman–Crippen MR) is 143 cm³/mol. The van der Waals surface area contributed by atoms with Gasteiger partial charge in [0.25, 0.3) is 0 Å². The molecule has 2 saturated carbocycles. The Hall–Kier alpha value is -2.94. The third kappa shape index (κ3) is 4.80. The Bertz CT molecular complexity index is 1310. The van der Waals surface area contributed by atoms with Gasteiger partial charge in [-0.05, 0) is 85.7 Å². The summed E-state index contributed by atoms with van der Waals surface area (Å²) in [5.41, 5.74) is 1.39. The van der Waals surface area contributed by atoms with Gasteiger partial charge in [0.1, 0.15) is 0 Å². The van der Waals surface area contributed by atoms with Crippen molar-refractivity contribution in [2.75, 3.05) is 19.6 Å². The zero-order valence-corrected chi connectivity index (χ0v) is 22.8. The highest BCUT2D eigenvalue weighted by Crippen LogP contribution is 2.57. The molecule has 2 aliphatic heterocycles. The van der Waals surface area contributed by atoms with E-state index in [0.29, 0.717) is 53.6 Å². The lowest BCUT2D eigenvalue weighted by Gasteiger charge is -2.41. The molecule has 2 aromatic rings. The fraction of sp³-hybridized carbons (Fsp3) is 0.581. The number of halogens is 3. The number of carbonyl (C=O) groups is 2. The second-order valence-electron chi connectivity index (χ2n) is 12.4. The lowest BCUT2D eigenvalue weighted by atomic mass is 9.78. The van der Waals surface area contributed by atoms with E-state index >= 15 is 0 Å². The Morgan fingerprint density at radius 1 is 1.15 bits per heavy atom. The number of alkyl halides is 3. The van der Waals surface area contributed by atoms with Gasteiger partial charge < -0.3 is 14.9 Å². The average molecular weight is 556 g/mol. The summed E-state index contributed by atoms with van der Waals surface area (Å²) >= 11 is 0. The molecule has 3 heterocycles. The van der Waals surface area contributed by atoms with Crippen LogP contribution in [0.25, 0.3) is 0 Å². The first kappa shape index (κ1) is 27.2. The van der Waals surface area contributed by atoms with Gasteiger partial charge >= 0.3 is 12.1 Å². The molecule has 3 fully saturated rings. The molecule has 1 aromatic carbocycles. The number of fused-ring (bicyclic) bond motifs is 2. The molecule has 6 rings (SSSR count). The first-order valence-electron chi connectivity index (χ1n) is 14.5. The van der Waals surface area contributed by atoms with Crippen molar-refractivity contribution in [1.82, 2.24) is 14.8 Å². The van der Waals surface area contributed by atoms with Crippen LogP contribution in [-0.4, -0.2) is 57.4 Å². The molecule has 1 amide bonds. The second kappa shape index (κ2) is 10.2. The lowest BCUT2D eigenvalue weighted by molar-refractivity contribution is -0.144. The van der Waals surface area contributed by atoms with Crippen molar-refractivity contribution in [3.63, 3.8) is 0 Å². The summed E-state index contributed by atoms with van der Waals surface area (Å²) in [5, 5.41) is 9.41. The molecular weight excluding hydrogens is 519 g/mol. The summed E-state index contributed by atoms with van der Waals surface area (Å²) in [7, 11) is 0. The molecule has 4 aliphatic rings. The molecular formula is C31H36F3N3O3. The van der Waals surface area contributed by atoms with Gasteiger partial charge in [-0.3, -0.25) is 9.78 Å². The van der Waals surface area contributed by atoms with Crippen LogP contribution in [0.2, 0.25) is 0 Å². The van der Waals surface area contributed by atoms with Crippen LogP contribution in [0.3, 0.4) is 0 Å². The zero-order valence-electron chi connectivity index (χ0n) is 22.8. The van der Waals surface area contributed by atoms with Crippen molar-refractivity contribution in [2.45, 2.75) is 76.6 Å². The van der Waals surface area contributed by atoms with Crippen LogP contribution < -0.4 is 0 Å². The number of carboxylic acids is 1. The topological polar surface area (TPSA) is 73.7 Å². The van der Waals surface area contributed by atoms with E-state index in [4.69, 9.17) is 0 Å². The molecule has 214 valence electrons. The number of hydrogen-bond donors (Lipinski definition) is 1. The predicted octanol–water partition coefficient (Wildman–Crippen LogP) is 5.76. The smallest absolute Gasteiger partial charge is 0.417 e. The Morgan fingerprint density at radius 3 is 2.73 bits per heavy atom. The second-order valence-corrected chi connectivity index (χ2v) is 12.4. The summed E-state index contributed by atoms with van der Waals surface area (Å²) in [6.07, 6.45) is 2.58. The Morgan fingerprint density at radius 2 is 1.98 bits per heavy atom. The third-order valence-corrected chi connectivity index (χ3v) is 10.2. The minimum absolute atomic E-state index is 0.119. The zero-order chi connectivity index (χ0) is 28.2. The van der Waals surface area contributed by atoms with Gasteiger partial charge in [-0.25, -0.2) is 4.79 Å². The monoisotopic (exact) mass is 555 g/mol. The number of aromatic carboxylic acids is 1. The summed E-state index contributed by atoms with van der Waals surface area (Å²) in [4.78, 5) is 34.0. The van der Waals surface area contributed by atoms with E-state index in [2.05, 4.69) is 16.8 Å². The van der Waals surface area contributed by atoms with Crippen LogP contribution in [0.1, 0.15) is 84.1 Å². The van der Waals surface area contributed by atoms with Crippen molar-refractivity contribution in [3.8, 4) is 0 Å². The van der Waals surface area contributed by atoms with Crippen LogP contribution in [-0.2, 0) is 23.9 Å². The van der Waals surface area contributed by atoms with Gasteiger partial charge in [-0.2, -0.15) is 13.2 Å². The highest BCUT2D eigenvalue weighted by Gasteiger charge is 2.57. The quantitative estimate of drug-likeness (QED) is 0.520. The molecule has 40 heavy (non-hydrogen) atoms. The van der Waals surface area contributed by atoms with Crippen molar-refractivity contribution < 1.29 is 27.9 Å². The van der Waals surface area contributed by atoms with Gasteiger partial charge in [0.05, 0.1) is 16.5 Å². The lowest BCUT2D eigenvalue weighted by Crippen LogP contribution is -2.48. The summed E-state index contributed by atoms with van der Waals surface area (Å²) in [5.74, 6) is 0.184. The van der Waals surface area contributed by atoms with Gasteiger partial charge in [0.2, 0.25) is 5.91 Å². The highest BCUT2D eigenvalue weighted by molar-refractivity contribution is 5.87. The number of nitrogens with zero attached hydrogens (tertiary/aromatic N) is 3. The minimum Gasteiger partial charge on any atom is -0.478 e. The molecule has 6 nitrogen and oxygen atoms in total. The van der Waals surface area contributed by atoms with Gasteiger partial charge in [-0.15, -0.1) is 0 Å². The first-order chi connectivity index (χ1) is 19.0. The SMILES string of the molecule is C[C@H]1CN([C@@H]2C[C@H]3CCC[C@@]3(C(=O)N3CCc4ncc(C(F)(F)F)cc4C3)C2)CC[C@@H]1c1cccc(C(=O)O)c1. The van der Waals surface area contributed by atoms with Crippen molar-refractivity contribution in [2.24, 2.45) is 17.3 Å². The van der Waals surface area contributed by atoms with Gasteiger partial charge in [-0.1, -0.05) is 25.5 Å². The molecule has 1 N–H and O–H groups in total. The molecule has 0 bridgehead atoms. The molecule has 0 radical (unpaired) electrons. The van der Waals surface area contributed by atoms with E-state index in [1.807, 2.05) is 12.1 Å².